The zero-order valence-electron chi connectivity index (χ0n) is 13.9. The minimum atomic E-state index is -0.591. The van der Waals surface area contributed by atoms with E-state index in [0.717, 1.165) is 0 Å². The second-order valence-corrected chi connectivity index (χ2v) is 5.14. The largest absolute Gasteiger partial charge is 0.497 e. The van der Waals surface area contributed by atoms with Crippen LogP contribution in [0.4, 0.5) is 5.82 Å². The van der Waals surface area contributed by atoms with Gasteiger partial charge in [-0.25, -0.2) is 9.78 Å². The molecule has 1 amide bonds. The fourth-order valence-electron chi connectivity index (χ4n) is 2.40. The molecule has 2 heterocycles. The van der Waals surface area contributed by atoms with Gasteiger partial charge in [0, 0.05) is 11.8 Å². The van der Waals surface area contributed by atoms with Crippen LogP contribution in [-0.2, 0) is 4.74 Å². The van der Waals surface area contributed by atoms with Gasteiger partial charge in [0.15, 0.2) is 11.5 Å². The maximum Gasteiger partial charge on any atom is 0.360 e. The van der Waals surface area contributed by atoms with Gasteiger partial charge in [0.25, 0.3) is 5.91 Å². The van der Waals surface area contributed by atoms with E-state index in [2.05, 4.69) is 10.3 Å². The van der Waals surface area contributed by atoms with Crippen LogP contribution in [0, 0.1) is 0 Å². The SMILES string of the molecule is CCOC(=O)c1nc2ccccn2c1NC(=O)c1cccc(OC)c1. The number of pyridine rings is 1. The first-order valence-corrected chi connectivity index (χ1v) is 7.73. The van der Waals surface area contributed by atoms with Crippen molar-refractivity contribution < 1.29 is 19.1 Å². The third kappa shape index (κ3) is 3.30. The molecule has 7 heteroatoms. The topological polar surface area (TPSA) is 81.9 Å². The maximum absolute atomic E-state index is 12.6. The van der Waals surface area contributed by atoms with Crippen molar-refractivity contribution in [3.63, 3.8) is 0 Å². The fraction of sp³-hybridized carbons (Fsp3) is 0.167. The van der Waals surface area contributed by atoms with Gasteiger partial charge in [0.05, 0.1) is 13.7 Å². The summed E-state index contributed by atoms with van der Waals surface area (Å²) in [5.74, 6) is -0.138. The van der Waals surface area contributed by atoms with Crippen LogP contribution in [0.1, 0.15) is 27.8 Å². The molecule has 0 saturated carbocycles. The van der Waals surface area contributed by atoms with Gasteiger partial charge in [-0.3, -0.25) is 9.20 Å². The van der Waals surface area contributed by atoms with Crippen molar-refractivity contribution in [3.05, 3.63) is 59.9 Å². The zero-order valence-corrected chi connectivity index (χ0v) is 13.9. The lowest BCUT2D eigenvalue weighted by atomic mass is 10.2. The number of nitrogens with one attached hydrogen (secondary N) is 1. The van der Waals surface area contributed by atoms with E-state index >= 15 is 0 Å². The number of carbonyl (C=O) groups is 2. The van der Waals surface area contributed by atoms with E-state index in [1.54, 1.807) is 60.0 Å². The van der Waals surface area contributed by atoms with Crippen LogP contribution in [0.3, 0.4) is 0 Å². The van der Waals surface area contributed by atoms with Crippen molar-refractivity contribution in [2.75, 3.05) is 19.0 Å². The Bertz CT molecular complexity index is 933. The molecule has 0 bridgehead atoms. The summed E-state index contributed by atoms with van der Waals surface area (Å²) in [6.45, 7) is 1.93. The number of fused-ring (bicyclic) bond motifs is 1. The first kappa shape index (κ1) is 16.5. The summed E-state index contributed by atoms with van der Waals surface area (Å²) in [6.07, 6.45) is 1.71. The minimum absolute atomic E-state index is 0.0595. The molecule has 0 saturated heterocycles. The molecule has 0 aliphatic carbocycles. The number of aromatic nitrogens is 2. The van der Waals surface area contributed by atoms with Crippen molar-refractivity contribution in [2.24, 2.45) is 0 Å². The van der Waals surface area contributed by atoms with Crippen LogP contribution in [0.5, 0.6) is 5.75 Å². The Hall–Kier alpha value is -3.35. The van der Waals surface area contributed by atoms with Crippen LogP contribution in [0.15, 0.2) is 48.7 Å². The number of carbonyl (C=O) groups excluding carboxylic acids is 2. The number of esters is 1. The Morgan fingerprint density at radius 1 is 1.20 bits per heavy atom. The number of imidazole rings is 1. The van der Waals surface area contributed by atoms with Crippen LogP contribution in [0.2, 0.25) is 0 Å². The highest BCUT2D eigenvalue weighted by molar-refractivity contribution is 6.07. The molecule has 0 spiro atoms. The Kier molecular flexibility index (Phi) is 4.65. The molecule has 0 radical (unpaired) electrons. The number of anilines is 1. The summed E-state index contributed by atoms with van der Waals surface area (Å²) in [7, 11) is 1.53. The summed E-state index contributed by atoms with van der Waals surface area (Å²) in [6, 6.07) is 12.1. The lowest BCUT2D eigenvalue weighted by Crippen LogP contribution is -2.17. The molecule has 0 atom stereocenters. The molecule has 3 rings (SSSR count). The third-order valence-electron chi connectivity index (χ3n) is 3.56. The average Bonchev–Trinajstić information content (AvgIpc) is 3.00. The number of methoxy groups -OCH3 is 1. The third-order valence-corrected chi connectivity index (χ3v) is 3.56. The average molecular weight is 339 g/mol. The summed E-state index contributed by atoms with van der Waals surface area (Å²) in [5, 5.41) is 2.75. The predicted molar refractivity (Wildman–Crippen MR) is 92.1 cm³/mol. The Balaban J connectivity index is 2.00. The van der Waals surface area contributed by atoms with E-state index < -0.39 is 5.97 Å². The van der Waals surface area contributed by atoms with E-state index in [1.165, 1.54) is 7.11 Å². The van der Waals surface area contributed by atoms with Crippen molar-refractivity contribution in [1.82, 2.24) is 9.38 Å². The second kappa shape index (κ2) is 7.04. The molecule has 2 aromatic heterocycles. The molecule has 25 heavy (non-hydrogen) atoms. The molecule has 1 N–H and O–H groups in total. The summed E-state index contributed by atoms with van der Waals surface area (Å²) in [4.78, 5) is 29.0. The Labute approximate surface area is 144 Å². The standard InChI is InChI=1S/C18H17N3O4/c1-3-25-18(23)15-16(21-10-5-4-9-14(21)19-15)20-17(22)12-7-6-8-13(11-12)24-2/h4-11H,3H2,1-2H3,(H,20,22). The normalized spacial score (nSPS) is 10.5. The molecule has 1 aromatic carbocycles. The fourth-order valence-corrected chi connectivity index (χ4v) is 2.40. The highest BCUT2D eigenvalue weighted by atomic mass is 16.5. The minimum Gasteiger partial charge on any atom is -0.497 e. The molecule has 128 valence electrons. The van der Waals surface area contributed by atoms with Crippen molar-refractivity contribution >= 4 is 23.3 Å². The highest BCUT2D eigenvalue weighted by Crippen LogP contribution is 2.21. The van der Waals surface area contributed by atoms with Gasteiger partial charge in [0.1, 0.15) is 11.4 Å². The molecule has 3 aromatic rings. The van der Waals surface area contributed by atoms with Crippen molar-refractivity contribution in [3.8, 4) is 5.75 Å². The highest BCUT2D eigenvalue weighted by Gasteiger charge is 2.22. The lowest BCUT2D eigenvalue weighted by Gasteiger charge is -2.08. The van der Waals surface area contributed by atoms with Crippen molar-refractivity contribution in [1.29, 1.82) is 0 Å². The number of rotatable bonds is 5. The van der Waals surface area contributed by atoms with Gasteiger partial charge in [-0.15, -0.1) is 0 Å². The molecule has 0 aliphatic rings. The summed E-state index contributed by atoms with van der Waals surface area (Å²) in [5.41, 5.74) is 0.996. The predicted octanol–water partition coefficient (Wildman–Crippen LogP) is 2.77. The van der Waals surface area contributed by atoms with E-state index in [4.69, 9.17) is 9.47 Å². The van der Waals surface area contributed by atoms with Gasteiger partial charge < -0.3 is 14.8 Å². The first-order chi connectivity index (χ1) is 12.1. The summed E-state index contributed by atoms with van der Waals surface area (Å²) >= 11 is 0. The Morgan fingerprint density at radius 3 is 2.80 bits per heavy atom. The van der Waals surface area contributed by atoms with Crippen LogP contribution < -0.4 is 10.1 Å². The maximum atomic E-state index is 12.6. The molecule has 0 unspecified atom stereocenters. The molecular weight excluding hydrogens is 322 g/mol. The van der Waals surface area contributed by atoms with Crippen LogP contribution in [-0.4, -0.2) is 35.0 Å². The van der Waals surface area contributed by atoms with E-state index in [-0.39, 0.29) is 24.0 Å². The van der Waals surface area contributed by atoms with Gasteiger partial charge in [-0.05, 0) is 37.3 Å². The van der Waals surface area contributed by atoms with Gasteiger partial charge in [-0.2, -0.15) is 0 Å². The molecular formula is C18H17N3O4. The first-order valence-electron chi connectivity index (χ1n) is 7.73. The van der Waals surface area contributed by atoms with Crippen molar-refractivity contribution in [2.45, 2.75) is 6.92 Å². The number of hydrogen-bond acceptors (Lipinski definition) is 5. The second-order valence-electron chi connectivity index (χ2n) is 5.14. The number of hydrogen-bond donors (Lipinski definition) is 1. The monoisotopic (exact) mass is 339 g/mol. The lowest BCUT2D eigenvalue weighted by molar-refractivity contribution is 0.0521. The number of benzene rings is 1. The molecule has 0 fully saturated rings. The quantitative estimate of drug-likeness (QED) is 0.723. The Morgan fingerprint density at radius 2 is 2.04 bits per heavy atom. The zero-order chi connectivity index (χ0) is 17.8. The van der Waals surface area contributed by atoms with E-state index in [9.17, 15) is 9.59 Å². The van der Waals surface area contributed by atoms with E-state index in [0.29, 0.717) is 17.0 Å². The van der Waals surface area contributed by atoms with Gasteiger partial charge in [0.2, 0.25) is 0 Å². The molecule has 7 nitrogen and oxygen atoms in total. The van der Waals surface area contributed by atoms with Gasteiger partial charge >= 0.3 is 5.97 Å². The van der Waals surface area contributed by atoms with E-state index in [1.807, 2.05) is 0 Å². The summed E-state index contributed by atoms with van der Waals surface area (Å²) < 4.78 is 11.8. The molecule has 0 aliphatic heterocycles. The smallest absolute Gasteiger partial charge is 0.360 e. The number of nitrogens with zero attached hydrogens (tertiary/aromatic N) is 2. The number of amides is 1. The van der Waals surface area contributed by atoms with Crippen LogP contribution >= 0.6 is 0 Å². The van der Waals surface area contributed by atoms with Gasteiger partial charge in [-0.1, -0.05) is 12.1 Å². The number of ether oxygens (including phenoxy) is 2. The van der Waals surface area contributed by atoms with Crippen LogP contribution in [0.25, 0.3) is 5.65 Å².